The van der Waals surface area contributed by atoms with Gasteiger partial charge in [0.1, 0.15) is 5.69 Å². The molecule has 1 heterocycles. The van der Waals surface area contributed by atoms with Crippen LogP contribution in [-0.2, 0) is 0 Å². The lowest BCUT2D eigenvalue weighted by atomic mass is 9.94. The van der Waals surface area contributed by atoms with Gasteiger partial charge in [-0.05, 0) is 44.5 Å². The highest BCUT2D eigenvalue weighted by Crippen LogP contribution is 2.37. The van der Waals surface area contributed by atoms with E-state index in [4.69, 9.17) is 21.6 Å². The number of benzene rings is 5. The molecular formula is C26H15ClN2. The van der Waals surface area contributed by atoms with Crippen LogP contribution in [0.2, 0.25) is 5.15 Å². The average Bonchev–Trinajstić information content (AvgIpc) is 2.78. The molecule has 6 rings (SSSR count). The van der Waals surface area contributed by atoms with E-state index in [1.165, 1.54) is 32.3 Å². The highest BCUT2D eigenvalue weighted by atomic mass is 35.5. The molecule has 0 aliphatic heterocycles. The Labute approximate surface area is 172 Å². The van der Waals surface area contributed by atoms with E-state index in [0.717, 1.165) is 16.6 Å². The van der Waals surface area contributed by atoms with Gasteiger partial charge in [0.25, 0.3) is 0 Å². The van der Waals surface area contributed by atoms with Crippen LogP contribution in [0.3, 0.4) is 0 Å². The molecule has 0 saturated carbocycles. The van der Waals surface area contributed by atoms with Crippen molar-refractivity contribution >= 4 is 55.0 Å². The number of hydrogen-bond acceptors (Lipinski definition) is 2. The molecular weight excluding hydrogens is 376 g/mol. The van der Waals surface area contributed by atoms with Crippen LogP contribution in [0.15, 0.2) is 91.0 Å². The Balaban J connectivity index is 1.78. The van der Waals surface area contributed by atoms with Crippen molar-refractivity contribution < 1.29 is 0 Å². The van der Waals surface area contributed by atoms with Gasteiger partial charge in [0.15, 0.2) is 5.15 Å². The van der Waals surface area contributed by atoms with Crippen LogP contribution < -0.4 is 0 Å². The van der Waals surface area contributed by atoms with E-state index in [-0.39, 0.29) is 0 Å². The number of rotatable bonds is 1. The zero-order valence-corrected chi connectivity index (χ0v) is 16.2. The van der Waals surface area contributed by atoms with Crippen molar-refractivity contribution in [1.82, 2.24) is 9.97 Å². The maximum absolute atomic E-state index is 6.53. The predicted octanol–water partition coefficient (Wildman–Crippen LogP) is 7.41. The molecule has 5 aromatic carbocycles. The van der Waals surface area contributed by atoms with Crippen molar-refractivity contribution in [3.05, 3.63) is 96.1 Å². The van der Waals surface area contributed by atoms with Crippen LogP contribution in [0.25, 0.3) is 54.6 Å². The third-order valence-electron chi connectivity index (χ3n) is 5.53. The molecule has 0 radical (unpaired) electrons. The number of fused-ring (bicyclic) bond motifs is 7. The lowest BCUT2D eigenvalue weighted by Crippen LogP contribution is -1.92. The van der Waals surface area contributed by atoms with Crippen molar-refractivity contribution in [2.75, 3.05) is 0 Å². The molecule has 6 aromatic rings. The molecule has 0 aliphatic carbocycles. The van der Waals surface area contributed by atoms with E-state index >= 15 is 0 Å². The summed E-state index contributed by atoms with van der Waals surface area (Å²) in [6.45, 7) is 0. The zero-order valence-electron chi connectivity index (χ0n) is 15.4. The second kappa shape index (κ2) is 6.26. The Bertz CT molecular complexity index is 1560. The van der Waals surface area contributed by atoms with E-state index in [9.17, 15) is 0 Å². The Morgan fingerprint density at radius 1 is 0.483 bits per heavy atom. The van der Waals surface area contributed by atoms with Gasteiger partial charge in [-0.1, -0.05) is 90.5 Å². The number of nitrogens with zero attached hydrogens (tertiary/aromatic N) is 2. The monoisotopic (exact) mass is 390 g/mol. The van der Waals surface area contributed by atoms with Gasteiger partial charge in [-0.25, -0.2) is 9.97 Å². The molecule has 29 heavy (non-hydrogen) atoms. The fourth-order valence-corrected chi connectivity index (χ4v) is 4.45. The van der Waals surface area contributed by atoms with Crippen LogP contribution >= 0.6 is 11.6 Å². The summed E-state index contributed by atoms with van der Waals surface area (Å²) in [6, 6.07) is 31.3. The third-order valence-corrected chi connectivity index (χ3v) is 5.80. The number of halogens is 1. The first-order valence-electron chi connectivity index (χ1n) is 9.55. The molecule has 0 fully saturated rings. The van der Waals surface area contributed by atoms with Crippen LogP contribution in [-0.4, -0.2) is 9.97 Å². The fourth-order valence-electron chi connectivity index (χ4n) is 4.21. The molecule has 0 unspecified atom stereocenters. The topological polar surface area (TPSA) is 25.8 Å². The Morgan fingerprint density at radius 3 is 1.48 bits per heavy atom. The van der Waals surface area contributed by atoms with Crippen molar-refractivity contribution in [3.8, 4) is 11.3 Å². The summed E-state index contributed by atoms with van der Waals surface area (Å²) in [5.41, 5.74) is 3.34. The van der Waals surface area contributed by atoms with E-state index in [2.05, 4.69) is 60.7 Å². The van der Waals surface area contributed by atoms with Crippen LogP contribution in [0.4, 0.5) is 0 Å². The largest absolute Gasteiger partial charge is 0.243 e. The van der Waals surface area contributed by atoms with Crippen LogP contribution in [0.1, 0.15) is 0 Å². The Kier molecular flexibility index (Phi) is 3.56. The lowest BCUT2D eigenvalue weighted by molar-refractivity contribution is 1.30. The second-order valence-corrected chi connectivity index (χ2v) is 7.56. The van der Waals surface area contributed by atoms with E-state index < -0.39 is 0 Å². The SMILES string of the molecule is Clc1nc2cc3c4ccccc4c4ccccc4c3cc2nc1-c1ccccc1. The molecule has 136 valence electrons. The minimum absolute atomic E-state index is 0.424. The Hall–Kier alpha value is -3.49. The first kappa shape index (κ1) is 16.5. The summed E-state index contributed by atoms with van der Waals surface area (Å²) in [4.78, 5) is 9.58. The molecule has 0 atom stereocenters. The molecule has 0 bridgehead atoms. The van der Waals surface area contributed by atoms with Gasteiger partial charge in [0.05, 0.1) is 11.0 Å². The normalized spacial score (nSPS) is 11.6. The standard InChI is InChI=1S/C26H15ClN2/c27-26-25(16-8-2-1-3-9-16)28-23-14-21-19-12-6-4-10-17(19)18-11-5-7-13-20(18)22(21)15-24(23)29-26/h1-15H. The van der Waals surface area contributed by atoms with E-state index in [1.807, 2.05) is 30.3 Å². The highest BCUT2D eigenvalue weighted by molar-refractivity contribution is 6.32. The summed E-state index contributed by atoms with van der Waals surface area (Å²) >= 11 is 6.53. The van der Waals surface area contributed by atoms with Gasteiger partial charge < -0.3 is 0 Å². The highest BCUT2D eigenvalue weighted by Gasteiger charge is 2.13. The summed E-state index contributed by atoms with van der Waals surface area (Å²) in [5, 5.41) is 7.71. The van der Waals surface area contributed by atoms with Crippen molar-refractivity contribution in [2.45, 2.75) is 0 Å². The molecule has 3 heteroatoms. The second-order valence-electron chi connectivity index (χ2n) is 7.21. The van der Waals surface area contributed by atoms with Gasteiger partial charge in [-0.15, -0.1) is 0 Å². The van der Waals surface area contributed by atoms with Gasteiger partial charge in [-0.2, -0.15) is 0 Å². The quantitative estimate of drug-likeness (QED) is 0.216. The Morgan fingerprint density at radius 2 is 0.931 bits per heavy atom. The average molecular weight is 391 g/mol. The lowest BCUT2D eigenvalue weighted by Gasteiger charge is -2.12. The fraction of sp³-hybridized carbons (Fsp3) is 0. The van der Waals surface area contributed by atoms with E-state index in [0.29, 0.717) is 10.8 Å². The minimum Gasteiger partial charge on any atom is -0.243 e. The van der Waals surface area contributed by atoms with E-state index in [1.54, 1.807) is 0 Å². The first-order chi connectivity index (χ1) is 14.3. The number of hydrogen-bond donors (Lipinski definition) is 0. The van der Waals surface area contributed by atoms with Crippen LogP contribution in [0, 0.1) is 0 Å². The van der Waals surface area contributed by atoms with Gasteiger partial charge >= 0.3 is 0 Å². The summed E-state index contributed by atoms with van der Waals surface area (Å²) in [7, 11) is 0. The van der Waals surface area contributed by atoms with Crippen molar-refractivity contribution in [1.29, 1.82) is 0 Å². The zero-order chi connectivity index (χ0) is 19.4. The first-order valence-corrected chi connectivity index (χ1v) is 9.93. The molecule has 0 N–H and O–H groups in total. The smallest absolute Gasteiger partial charge is 0.156 e. The summed E-state index contributed by atoms with van der Waals surface area (Å²) in [6.07, 6.45) is 0. The third kappa shape index (κ3) is 2.50. The maximum Gasteiger partial charge on any atom is 0.156 e. The predicted molar refractivity (Wildman–Crippen MR) is 123 cm³/mol. The van der Waals surface area contributed by atoms with Crippen molar-refractivity contribution in [2.24, 2.45) is 0 Å². The summed E-state index contributed by atoms with van der Waals surface area (Å²) < 4.78 is 0. The van der Waals surface area contributed by atoms with Gasteiger partial charge in [0, 0.05) is 5.56 Å². The van der Waals surface area contributed by atoms with Gasteiger partial charge in [-0.3, -0.25) is 0 Å². The molecule has 0 saturated heterocycles. The summed E-state index contributed by atoms with van der Waals surface area (Å²) in [5.74, 6) is 0. The molecule has 0 amide bonds. The molecule has 0 aliphatic rings. The van der Waals surface area contributed by atoms with Crippen LogP contribution in [0.5, 0.6) is 0 Å². The molecule has 1 aromatic heterocycles. The minimum atomic E-state index is 0.424. The number of aromatic nitrogens is 2. The van der Waals surface area contributed by atoms with Crippen molar-refractivity contribution in [3.63, 3.8) is 0 Å². The molecule has 2 nitrogen and oxygen atoms in total. The maximum atomic E-state index is 6.53. The molecule has 0 spiro atoms. The van der Waals surface area contributed by atoms with Gasteiger partial charge in [0.2, 0.25) is 0 Å².